The van der Waals surface area contributed by atoms with Crippen molar-refractivity contribution in [2.24, 2.45) is 5.73 Å². The van der Waals surface area contributed by atoms with E-state index in [-0.39, 0.29) is 11.3 Å². The Bertz CT molecular complexity index is 505. The number of rotatable bonds is 4. The van der Waals surface area contributed by atoms with Crippen LogP contribution in [0.4, 0.5) is 0 Å². The van der Waals surface area contributed by atoms with Gasteiger partial charge < -0.3 is 5.73 Å². The number of nitrogens with zero attached hydrogens (tertiary/aromatic N) is 2. The molecule has 0 radical (unpaired) electrons. The van der Waals surface area contributed by atoms with Crippen molar-refractivity contribution < 1.29 is 0 Å². The molecule has 0 aliphatic carbocycles. The van der Waals surface area contributed by atoms with E-state index in [9.17, 15) is 0 Å². The largest absolute Gasteiger partial charge is 0.327 e. The minimum absolute atomic E-state index is 0.00318. The highest BCUT2D eigenvalue weighted by molar-refractivity contribution is 7.99. The molecule has 5 heteroatoms. The van der Waals surface area contributed by atoms with E-state index in [0.717, 1.165) is 15.6 Å². The van der Waals surface area contributed by atoms with Gasteiger partial charge in [0.2, 0.25) is 0 Å². The van der Waals surface area contributed by atoms with Gasteiger partial charge in [0.1, 0.15) is 6.33 Å². The first kappa shape index (κ1) is 13.3. The smallest absolute Gasteiger partial charge is 0.116 e. The summed E-state index contributed by atoms with van der Waals surface area (Å²) in [6.45, 7) is 1.99. The number of benzene rings is 1. The molecule has 0 fully saturated rings. The maximum atomic E-state index is 6.06. The summed E-state index contributed by atoms with van der Waals surface area (Å²) in [4.78, 5) is 8.12. The van der Waals surface area contributed by atoms with Crippen molar-refractivity contribution in [3.63, 3.8) is 0 Å². The SMILES string of the molecule is CC(N)C(Sc1ccncn1)c1cccc(Cl)c1. The van der Waals surface area contributed by atoms with Crippen LogP contribution < -0.4 is 5.73 Å². The Labute approximate surface area is 116 Å². The average molecular weight is 280 g/mol. The van der Waals surface area contributed by atoms with Gasteiger partial charge in [-0.2, -0.15) is 0 Å². The van der Waals surface area contributed by atoms with Gasteiger partial charge >= 0.3 is 0 Å². The fourth-order valence-electron chi connectivity index (χ4n) is 1.64. The van der Waals surface area contributed by atoms with Crippen LogP contribution in [0.2, 0.25) is 5.02 Å². The zero-order valence-corrected chi connectivity index (χ0v) is 11.5. The van der Waals surface area contributed by atoms with Crippen LogP contribution >= 0.6 is 23.4 Å². The second-order valence-electron chi connectivity index (χ2n) is 4.00. The van der Waals surface area contributed by atoms with Crippen molar-refractivity contribution >= 4 is 23.4 Å². The normalized spacial score (nSPS) is 14.2. The van der Waals surface area contributed by atoms with Gasteiger partial charge in [0, 0.05) is 17.3 Å². The molecule has 0 amide bonds. The van der Waals surface area contributed by atoms with Crippen LogP contribution in [0.15, 0.2) is 47.9 Å². The standard InChI is InChI=1S/C13H14ClN3S/c1-9(15)13(10-3-2-4-11(14)7-10)18-12-5-6-16-8-17-12/h2-9,13H,15H2,1H3. The molecule has 1 heterocycles. The lowest BCUT2D eigenvalue weighted by Crippen LogP contribution is -2.22. The summed E-state index contributed by atoms with van der Waals surface area (Å²) in [6.07, 6.45) is 3.27. The molecule has 0 aliphatic rings. The van der Waals surface area contributed by atoms with Gasteiger partial charge in [-0.15, -0.1) is 0 Å². The third-order valence-corrected chi connectivity index (χ3v) is 4.13. The Balaban J connectivity index is 2.24. The first-order valence-corrected chi connectivity index (χ1v) is 6.86. The van der Waals surface area contributed by atoms with Crippen LogP contribution in [0, 0.1) is 0 Å². The Morgan fingerprint density at radius 3 is 2.78 bits per heavy atom. The van der Waals surface area contributed by atoms with Crippen LogP contribution in [0.5, 0.6) is 0 Å². The van der Waals surface area contributed by atoms with E-state index in [0.29, 0.717) is 0 Å². The van der Waals surface area contributed by atoms with Gasteiger partial charge in [0.15, 0.2) is 0 Å². The van der Waals surface area contributed by atoms with Crippen molar-refractivity contribution in [3.05, 3.63) is 53.4 Å². The summed E-state index contributed by atoms with van der Waals surface area (Å²) in [7, 11) is 0. The second-order valence-corrected chi connectivity index (χ2v) is 5.60. The molecule has 2 unspecified atom stereocenters. The van der Waals surface area contributed by atoms with Crippen LogP contribution in [0.25, 0.3) is 0 Å². The molecule has 0 aliphatic heterocycles. The maximum Gasteiger partial charge on any atom is 0.116 e. The Morgan fingerprint density at radius 2 is 2.17 bits per heavy atom. The maximum absolute atomic E-state index is 6.06. The summed E-state index contributed by atoms with van der Waals surface area (Å²) in [5, 5.41) is 1.76. The molecule has 94 valence electrons. The molecule has 0 spiro atoms. The Hall–Kier alpha value is -1.10. The topological polar surface area (TPSA) is 51.8 Å². The molecule has 1 aromatic heterocycles. The highest BCUT2D eigenvalue weighted by Gasteiger charge is 2.18. The third kappa shape index (κ3) is 3.45. The molecule has 2 N–H and O–H groups in total. The van der Waals surface area contributed by atoms with E-state index < -0.39 is 0 Å². The summed E-state index contributed by atoms with van der Waals surface area (Å²) in [5.74, 6) is 0. The monoisotopic (exact) mass is 279 g/mol. The van der Waals surface area contributed by atoms with E-state index in [4.69, 9.17) is 17.3 Å². The second kappa shape index (κ2) is 6.18. The minimum Gasteiger partial charge on any atom is -0.327 e. The van der Waals surface area contributed by atoms with Crippen LogP contribution in [-0.2, 0) is 0 Å². The lowest BCUT2D eigenvalue weighted by atomic mass is 10.1. The molecular weight excluding hydrogens is 266 g/mol. The van der Waals surface area contributed by atoms with E-state index in [2.05, 4.69) is 9.97 Å². The van der Waals surface area contributed by atoms with E-state index in [1.54, 1.807) is 24.3 Å². The van der Waals surface area contributed by atoms with Gasteiger partial charge in [0.25, 0.3) is 0 Å². The molecule has 0 saturated heterocycles. The number of hydrogen-bond acceptors (Lipinski definition) is 4. The number of halogens is 1. The van der Waals surface area contributed by atoms with Gasteiger partial charge in [-0.05, 0) is 30.7 Å². The fourth-order valence-corrected chi connectivity index (χ4v) is 2.84. The molecule has 2 atom stereocenters. The zero-order chi connectivity index (χ0) is 13.0. The van der Waals surface area contributed by atoms with Crippen molar-refractivity contribution in [2.45, 2.75) is 23.2 Å². The number of thioether (sulfide) groups is 1. The van der Waals surface area contributed by atoms with Crippen molar-refractivity contribution in [2.75, 3.05) is 0 Å². The summed E-state index contributed by atoms with van der Waals surface area (Å²) < 4.78 is 0. The zero-order valence-electron chi connectivity index (χ0n) is 9.95. The molecule has 0 saturated carbocycles. The van der Waals surface area contributed by atoms with E-state index >= 15 is 0 Å². The highest BCUT2D eigenvalue weighted by Crippen LogP contribution is 2.36. The molecule has 0 bridgehead atoms. The quantitative estimate of drug-likeness (QED) is 0.689. The van der Waals surface area contributed by atoms with E-state index in [1.165, 1.54) is 0 Å². The summed E-state index contributed by atoms with van der Waals surface area (Å²) in [5.41, 5.74) is 7.17. The molecule has 3 nitrogen and oxygen atoms in total. The third-order valence-electron chi connectivity index (χ3n) is 2.46. The van der Waals surface area contributed by atoms with E-state index in [1.807, 2.05) is 37.3 Å². The van der Waals surface area contributed by atoms with Crippen LogP contribution in [0.1, 0.15) is 17.7 Å². The molecule has 2 rings (SSSR count). The van der Waals surface area contributed by atoms with Crippen molar-refractivity contribution in [1.29, 1.82) is 0 Å². The van der Waals surface area contributed by atoms with Gasteiger partial charge in [0.05, 0.1) is 10.3 Å². The summed E-state index contributed by atoms with van der Waals surface area (Å²) in [6, 6.07) is 9.66. The molecule has 2 aromatic rings. The minimum atomic E-state index is 0.00318. The van der Waals surface area contributed by atoms with Crippen molar-refractivity contribution in [3.8, 4) is 0 Å². The molecule has 18 heavy (non-hydrogen) atoms. The average Bonchev–Trinajstić information content (AvgIpc) is 2.37. The number of hydrogen-bond donors (Lipinski definition) is 1. The summed E-state index contributed by atoms with van der Waals surface area (Å²) >= 11 is 7.64. The number of aromatic nitrogens is 2. The molecular formula is C13H14ClN3S. The predicted molar refractivity (Wildman–Crippen MR) is 75.7 cm³/mol. The van der Waals surface area contributed by atoms with Crippen molar-refractivity contribution in [1.82, 2.24) is 9.97 Å². The first-order valence-electron chi connectivity index (χ1n) is 5.60. The Kier molecular flexibility index (Phi) is 4.58. The lowest BCUT2D eigenvalue weighted by Gasteiger charge is -2.20. The Morgan fingerprint density at radius 1 is 1.33 bits per heavy atom. The number of nitrogens with two attached hydrogens (primary N) is 1. The molecule has 1 aromatic carbocycles. The van der Waals surface area contributed by atoms with Gasteiger partial charge in [-0.3, -0.25) is 0 Å². The first-order chi connectivity index (χ1) is 8.66. The lowest BCUT2D eigenvalue weighted by molar-refractivity contribution is 0.720. The van der Waals surface area contributed by atoms with Crippen LogP contribution in [0.3, 0.4) is 0 Å². The van der Waals surface area contributed by atoms with Gasteiger partial charge in [-0.1, -0.05) is 35.5 Å². The highest BCUT2D eigenvalue weighted by atomic mass is 35.5. The predicted octanol–water partition coefficient (Wildman–Crippen LogP) is 3.31. The van der Waals surface area contributed by atoms with Crippen LogP contribution in [-0.4, -0.2) is 16.0 Å². The van der Waals surface area contributed by atoms with Gasteiger partial charge in [-0.25, -0.2) is 9.97 Å². The fraction of sp³-hybridized carbons (Fsp3) is 0.231.